The highest BCUT2D eigenvalue weighted by Gasteiger charge is 2.12. The third kappa shape index (κ3) is 3.35. The van der Waals surface area contributed by atoms with Gasteiger partial charge in [0.25, 0.3) is 0 Å². The second-order valence-electron chi connectivity index (χ2n) is 4.01. The Morgan fingerprint density at radius 2 is 1.95 bits per heavy atom. The van der Waals surface area contributed by atoms with E-state index >= 15 is 0 Å². The summed E-state index contributed by atoms with van der Waals surface area (Å²) in [5, 5.41) is 10.1. The largest absolute Gasteiger partial charge is 0.336 e. The first-order chi connectivity index (χ1) is 9.13. The molecular formula is C12H14Cl2N4S. The van der Waals surface area contributed by atoms with Crippen molar-refractivity contribution >= 4 is 35.0 Å². The zero-order valence-corrected chi connectivity index (χ0v) is 12.8. The molecule has 0 fully saturated rings. The lowest BCUT2D eigenvalue weighted by molar-refractivity contribution is 0.757. The Kier molecular flexibility index (Phi) is 4.96. The van der Waals surface area contributed by atoms with E-state index in [0.29, 0.717) is 21.0 Å². The minimum absolute atomic E-state index is 0.611. The van der Waals surface area contributed by atoms with Crippen LogP contribution >= 0.6 is 35.0 Å². The van der Waals surface area contributed by atoms with Gasteiger partial charge in [0.2, 0.25) is 5.16 Å². The van der Waals surface area contributed by atoms with Crippen LogP contribution in [0, 0.1) is 0 Å². The molecule has 0 aliphatic carbocycles. The fourth-order valence-corrected chi connectivity index (χ4v) is 3.22. The van der Waals surface area contributed by atoms with Crippen molar-refractivity contribution in [3.63, 3.8) is 0 Å². The van der Waals surface area contributed by atoms with Crippen LogP contribution in [0.2, 0.25) is 10.0 Å². The molecule has 0 atom stereocenters. The summed E-state index contributed by atoms with van der Waals surface area (Å²) >= 11 is 13.7. The summed E-state index contributed by atoms with van der Waals surface area (Å²) in [6.45, 7) is 2.07. The number of benzene rings is 1. The van der Waals surface area contributed by atoms with E-state index in [1.165, 1.54) is 16.4 Å². The number of hydrogen-bond acceptors (Lipinski definition) is 4. The van der Waals surface area contributed by atoms with Crippen molar-refractivity contribution in [2.24, 2.45) is 0 Å². The molecule has 0 saturated carbocycles. The Bertz CT molecular complexity index is 551. The number of nitrogens with two attached hydrogens (primary N) is 1. The number of nitrogens with zero attached hydrogens (tertiary/aromatic N) is 3. The second kappa shape index (κ2) is 6.50. The number of aromatic nitrogens is 3. The van der Waals surface area contributed by atoms with Crippen molar-refractivity contribution in [3.05, 3.63) is 39.6 Å². The third-order valence-corrected chi connectivity index (χ3v) is 4.29. The summed E-state index contributed by atoms with van der Waals surface area (Å²) in [4.78, 5) is 0. The number of thioether (sulfide) groups is 1. The van der Waals surface area contributed by atoms with Crippen molar-refractivity contribution in [3.8, 4) is 0 Å². The molecule has 19 heavy (non-hydrogen) atoms. The predicted molar refractivity (Wildman–Crippen MR) is 80.2 cm³/mol. The van der Waals surface area contributed by atoms with Crippen LogP contribution in [0.3, 0.4) is 0 Å². The average Bonchev–Trinajstić information content (AvgIpc) is 2.71. The monoisotopic (exact) mass is 316 g/mol. The molecule has 1 aromatic carbocycles. The van der Waals surface area contributed by atoms with E-state index in [4.69, 9.17) is 29.0 Å². The Balaban J connectivity index is 2.11. The van der Waals surface area contributed by atoms with Crippen molar-refractivity contribution in [1.29, 1.82) is 0 Å². The van der Waals surface area contributed by atoms with E-state index in [1.807, 2.05) is 18.2 Å². The molecular weight excluding hydrogens is 303 g/mol. The Labute approximate surface area is 126 Å². The van der Waals surface area contributed by atoms with Crippen LogP contribution in [0.4, 0.5) is 0 Å². The number of halogens is 2. The zero-order chi connectivity index (χ0) is 13.8. The van der Waals surface area contributed by atoms with Gasteiger partial charge in [-0.15, -0.1) is 10.2 Å². The van der Waals surface area contributed by atoms with Gasteiger partial charge in [-0.2, -0.15) is 0 Å². The molecule has 0 bridgehead atoms. The van der Waals surface area contributed by atoms with Crippen molar-refractivity contribution in [2.75, 3.05) is 5.84 Å². The molecule has 2 N–H and O–H groups in total. The van der Waals surface area contributed by atoms with Crippen LogP contribution in [0.5, 0.6) is 0 Å². The quantitative estimate of drug-likeness (QED) is 0.677. The summed E-state index contributed by atoms with van der Waals surface area (Å²) in [6.07, 6.45) is 1.80. The van der Waals surface area contributed by atoms with Gasteiger partial charge in [-0.25, -0.2) is 4.68 Å². The van der Waals surface area contributed by atoms with Gasteiger partial charge in [0, 0.05) is 22.2 Å². The number of rotatable bonds is 5. The summed E-state index contributed by atoms with van der Waals surface area (Å²) in [7, 11) is 0. The minimum Gasteiger partial charge on any atom is -0.336 e. The van der Waals surface area contributed by atoms with Crippen LogP contribution < -0.4 is 5.84 Å². The van der Waals surface area contributed by atoms with Gasteiger partial charge in [-0.3, -0.25) is 0 Å². The lowest BCUT2D eigenvalue weighted by Crippen LogP contribution is -2.13. The first-order valence-electron chi connectivity index (χ1n) is 5.88. The van der Waals surface area contributed by atoms with Crippen LogP contribution in [0.1, 0.15) is 24.7 Å². The third-order valence-electron chi connectivity index (χ3n) is 2.62. The number of hydrogen-bond donors (Lipinski definition) is 1. The molecule has 0 aliphatic rings. The van der Waals surface area contributed by atoms with E-state index in [1.54, 1.807) is 0 Å². The molecule has 1 heterocycles. The molecule has 0 aliphatic heterocycles. The van der Waals surface area contributed by atoms with Gasteiger partial charge in [0.15, 0.2) is 5.82 Å². The standard InChI is InChI=1S/C12H14Cl2N4S/c1-2-4-11-16-17-12(18(11)15)19-7-8-9(13)5-3-6-10(8)14/h3,5-6H,2,4,7,15H2,1H3. The molecule has 0 spiro atoms. The normalized spacial score (nSPS) is 10.9. The lowest BCUT2D eigenvalue weighted by Gasteiger charge is -2.06. The summed E-state index contributed by atoms with van der Waals surface area (Å²) in [5.74, 6) is 7.33. The van der Waals surface area contributed by atoms with Gasteiger partial charge < -0.3 is 5.84 Å². The van der Waals surface area contributed by atoms with E-state index in [-0.39, 0.29) is 0 Å². The lowest BCUT2D eigenvalue weighted by atomic mass is 10.2. The van der Waals surface area contributed by atoms with Gasteiger partial charge >= 0.3 is 0 Å². The molecule has 2 rings (SSSR count). The van der Waals surface area contributed by atoms with Gasteiger partial charge in [0.05, 0.1) is 0 Å². The molecule has 4 nitrogen and oxygen atoms in total. The summed E-state index contributed by atoms with van der Waals surface area (Å²) in [6, 6.07) is 5.46. The van der Waals surface area contributed by atoms with Gasteiger partial charge in [-0.05, 0) is 24.1 Å². The molecule has 0 amide bonds. The fraction of sp³-hybridized carbons (Fsp3) is 0.333. The smallest absolute Gasteiger partial charge is 0.210 e. The summed E-state index contributed by atoms with van der Waals surface area (Å²) < 4.78 is 1.53. The van der Waals surface area contributed by atoms with E-state index in [0.717, 1.165) is 24.2 Å². The van der Waals surface area contributed by atoms with Crippen molar-refractivity contribution in [2.45, 2.75) is 30.7 Å². The van der Waals surface area contributed by atoms with Crippen LogP contribution in [-0.4, -0.2) is 14.9 Å². The number of aryl methyl sites for hydroxylation is 1. The Hall–Kier alpha value is -0.910. The highest BCUT2D eigenvalue weighted by molar-refractivity contribution is 7.98. The number of nitrogen functional groups attached to an aromatic ring is 1. The second-order valence-corrected chi connectivity index (χ2v) is 5.76. The molecule has 1 aromatic heterocycles. The highest BCUT2D eigenvalue weighted by Crippen LogP contribution is 2.30. The molecule has 0 radical (unpaired) electrons. The molecule has 0 unspecified atom stereocenters. The fourth-order valence-electron chi connectivity index (χ4n) is 1.61. The Morgan fingerprint density at radius 3 is 2.58 bits per heavy atom. The maximum Gasteiger partial charge on any atom is 0.210 e. The van der Waals surface area contributed by atoms with E-state index in [9.17, 15) is 0 Å². The maximum absolute atomic E-state index is 6.12. The topological polar surface area (TPSA) is 56.7 Å². The highest BCUT2D eigenvalue weighted by atomic mass is 35.5. The minimum atomic E-state index is 0.611. The molecule has 2 aromatic rings. The molecule has 102 valence electrons. The zero-order valence-electron chi connectivity index (χ0n) is 10.4. The van der Waals surface area contributed by atoms with Crippen molar-refractivity contribution in [1.82, 2.24) is 14.9 Å². The van der Waals surface area contributed by atoms with Crippen LogP contribution in [0.25, 0.3) is 0 Å². The average molecular weight is 317 g/mol. The first-order valence-corrected chi connectivity index (χ1v) is 7.62. The van der Waals surface area contributed by atoms with Crippen LogP contribution in [-0.2, 0) is 12.2 Å². The summed E-state index contributed by atoms with van der Waals surface area (Å²) in [5.41, 5.74) is 0.885. The predicted octanol–water partition coefficient (Wildman–Crippen LogP) is 3.54. The Morgan fingerprint density at radius 1 is 1.26 bits per heavy atom. The molecule has 0 saturated heterocycles. The first kappa shape index (κ1) is 14.5. The van der Waals surface area contributed by atoms with Crippen LogP contribution in [0.15, 0.2) is 23.4 Å². The SMILES string of the molecule is CCCc1nnc(SCc2c(Cl)cccc2Cl)n1N. The maximum atomic E-state index is 6.12. The van der Waals surface area contributed by atoms with Gasteiger partial charge in [-0.1, -0.05) is 48.0 Å². The van der Waals surface area contributed by atoms with E-state index < -0.39 is 0 Å². The van der Waals surface area contributed by atoms with E-state index in [2.05, 4.69) is 17.1 Å². The molecule has 7 heteroatoms. The van der Waals surface area contributed by atoms with Crippen molar-refractivity contribution < 1.29 is 0 Å². The van der Waals surface area contributed by atoms with Gasteiger partial charge in [0.1, 0.15) is 0 Å².